The molecule has 128 valence electrons. The van der Waals surface area contributed by atoms with E-state index in [1.165, 1.54) is 0 Å². The predicted molar refractivity (Wildman–Crippen MR) is 97.5 cm³/mol. The summed E-state index contributed by atoms with van der Waals surface area (Å²) < 4.78 is 0. The van der Waals surface area contributed by atoms with Gasteiger partial charge in [0.05, 0.1) is 11.4 Å². The van der Waals surface area contributed by atoms with E-state index in [0.717, 1.165) is 31.6 Å². The lowest BCUT2D eigenvalue weighted by Crippen LogP contribution is -2.21. The molecule has 1 aromatic heterocycles. The largest absolute Gasteiger partial charge is 0.506 e. The summed E-state index contributed by atoms with van der Waals surface area (Å²) in [5.74, 6) is 1.89. The fraction of sp³-hybridized carbons (Fsp3) is 0.412. The van der Waals surface area contributed by atoms with Crippen LogP contribution in [0.3, 0.4) is 0 Å². The summed E-state index contributed by atoms with van der Waals surface area (Å²) in [6.45, 7) is 1.66. The van der Waals surface area contributed by atoms with Gasteiger partial charge in [-0.2, -0.15) is 4.98 Å². The molecule has 0 amide bonds. The maximum atomic E-state index is 9.97. The number of anilines is 3. The van der Waals surface area contributed by atoms with E-state index < -0.39 is 0 Å². The molecule has 1 aliphatic carbocycles. The number of phenolic OH excluding ortho intramolecular Hbond substituents is 1. The minimum Gasteiger partial charge on any atom is -0.506 e. The molecule has 0 bridgehead atoms. The monoisotopic (exact) mass is 347 g/mol. The van der Waals surface area contributed by atoms with Gasteiger partial charge in [0.15, 0.2) is 0 Å². The quantitative estimate of drug-likeness (QED) is 0.666. The molecule has 1 aliphatic rings. The lowest BCUT2D eigenvalue weighted by Gasteiger charge is -2.13. The SMILES string of the molecule is CN(C)CCNc1nc(Nc2cc(Cl)ccc2O)cc(C2CC2)n1. The normalized spacial score (nSPS) is 14.0. The minimum atomic E-state index is 0.133. The number of nitrogens with one attached hydrogen (secondary N) is 2. The van der Waals surface area contributed by atoms with Crippen molar-refractivity contribution >= 4 is 29.1 Å². The molecule has 0 spiro atoms. The highest BCUT2D eigenvalue weighted by atomic mass is 35.5. The van der Waals surface area contributed by atoms with Crippen LogP contribution < -0.4 is 10.6 Å². The van der Waals surface area contributed by atoms with Crippen LogP contribution in [0.5, 0.6) is 5.75 Å². The molecule has 1 fully saturated rings. The highest BCUT2D eigenvalue weighted by Crippen LogP contribution is 2.40. The van der Waals surface area contributed by atoms with Crippen LogP contribution in [0.25, 0.3) is 0 Å². The molecule has 6 nitrogen and oxygen atoms in total. The zero-order chi connectivity index (χ0) is 17.1. The molecule has 2 aromatic rings. The van der Waals surface area contributed by atoms with Crippen molar-refractivity contribution in [3.05, 3.63) is 35.0 Å². The van der Waals surface area contributed by atoms with Crippen molar-refractivity contribution in [3.8, 4) is 5.75 Å². The molecule has 24 heavy (non-hydrogen) atoms. The number of phenols is 1. The standard InChI is InChI=1S/C17H22ClN5O/c1-23(2)8-7-19-17-21-13(11-3-4-11)10-16(22-17)20-14-9-12(18)5-6-15(14)24/h5-6,9-11,24H,3-4,7-8H2,1-2H3,(H2,19,20,21,22). The third-order valence-electron chi connectivity index (χ3n) is 3.81. The van der Waals surface area contributed by atoms with Crippen molar-refractivity contribution in [2.24, 2.45) is 0 Å². The van der Waals surface area contributed by atoms with Crippen molar-refractivity contribution in [2.45, 2.75) is 18.8 Å². The van der Waals surface area contributed by atoms with Gasteiger partial charge in [-0.3, -0.25) is 0 Å². The molecule has 0 radical (unpaired) electrons. The molecular formula is C17H22ClN5O. The van der Waals surface area contributed by atoms with Crippen LogP contribution in [0.1, 0.15) is 24.5 Å². The maximum Gasteiger partial charge on any atom is 0.224 e. The first-order valence-corrected chi connectivity index (χ1v) is 8.42. The second-order valence-corrected chi connectivity index (χ2v) is 6.73. The van der Waals surface area contributed by atoms with Gasteiger partial charge < -0.3 is 20.6 Å². The van der Waals surface area contributed by atoms with Crippen LogP contribution in [-0.2, 0) is 0 Å². The summed E-state index contributed by atoms with van der Waals surface area (Å²) in [6.07, 6.45) is 2.33. The first kappa shape index (κ1) is 16.8. The smallest absolute Gasteiger partial charge is 0.224 e. The number of likely N-dealkylation sites (N-methyl/N-ethyl adjacent to an activating group) is 1. The summed E-state index contributed by atoms with van der Waals surface area (Å²) >= 11 is 6.00. The number of hydrogen-bond donors (Lipinski definition) is 3. The van der Waals surface area contributed by atoms with E-state index in [0.29, 0.717) is 28.4 Å². The number of rotatable bonds is 7. The summed E-state index contributed by atoms with van der Waals surface area (Å²) in [4.78, 5) is 11.2. The molecule has 7 heteroatoms. The average Bonchev–Trinajstić information content (AvgIpc) is 3.35. The molecule has 0 atom stereocenters. The van der Waals surface area contributed by atoms with Crippen molar-refractivity contribution < 1.29 is 5.11 Å². The van der Waals surface area contributed by atoms with E-state index in [1.807, 2.05) is 20.2 Å². The van der Waals surface area contributed by atoms with Gasteiger partial charge in [-0.15, -0.1) is 0 Å². The molecule has 0 unspecified atom stereocenters. The lowest BCUT2D eigenvalue weighted by molar-refractivity contribution is 0.425. The van der Waals surface area contributed by atoms with Crippen LogP contribution in [0.2, 0.25) is 5.02 Å². The first-order chi connectivity index (χ1) is 11.5. The summed E-state index contributed by atoms with van der Waals surface area (Å²) in [7, 11) is 4.05. The van der Waals surface area contributed by atoms with Gasteiger partial charge in [-0.05, 0) is 45.1 Å². The number of nitrogens with zero attached hydrogens (tertiary/aromatic N) is 3. The van der Waals surface area contributed by atoms with Crippen molar-refractivity contribution in [1.29, 1.82) is 0 Å². The topological polar surface area (TPSA) is 73.3 Å². The van der Waals surface area contributed by atoms with Crippen LogP contribution in [-0.4, -0.2) is 47.2 Å². The molecule has 1 saturated carbocycles. The second-order valence-electron chi connectivity index (χ2n) is 6.29. The van der Waals surface area contributed by atoms with Gasteiger partial charge in [0.1, 0.15) is 11.6 Å². The summed E-state index contributed by atoms with van der Waals surface area (Å²) in [5.41, 5.74) is 1.56. The van der Waals surface area contributed by atoms with Gasteiger partial charge in [0, 0.05) is 30.1 Å². The Kier molecular flexibility index (Phi) is 5.06. The third kappa shape index (κ3) is 4.49. The maximum absolute atomic E-state index is 9.97. The van der Waals surface area contributed by atoms with E-state index in [2.05, 4.69) is 25.5 Å². The Morgan fingerprint density at radius 3 is 2.75 bits per heavy atom. The molecule has 3 N–H and O–H groups in total. The van der Waals surface area contributed by atoms with Crippen LogP contribution in [0.15, 0.2) is 24.3 Å². The Labute approximate surface area is 146 Å². The summed E-state index contributed by atoms with van der Waals surface area (Å²) in [6, 6.07) is 6.82. The molecule has 1 aromatic carbocycles. The van der Waals surface area contributed by atoms with Crippen molar-refractivity contribution in [3.63, 3.8) is 0 Å². The Balaban J connectivity index is 1.80. The molecule has 3 rings (SSSR count). The second kappa shape index (κ2) is 7.23. The van der Waals surface area contributed by atoms with Gasteiger partial charge in [-0.1, -0.05) is 11.6 Å². The van der Waals surface area contributed by atoms with Crippen molar-refractivity contribution in [2.75, 3.05) is 37.8 Å². The van der Waals surface area contributed by atoms with Gasteiger partial charge in [-0.25, -0.2) is 4.98 Å². The Bertz CT molecular complexity index is 718. The Morgan fingerprint density at radius 1 is 1.25 bits per heavy atom. The Hall–Kier alpha value is -2.05. The number of aromatic hydroxyl groups is 1. The van der Waals surface area contributed by atoms with E-state index in [9.17, 15) is 5.11 Å². The van der Waals surface area contributed by atoms with E-state index in [1.54, 1.807) is 18.2 Å². The van der Waals surface area contributed by atoms with Crippen LogP contribution in [0, 0.1) is 0 Å². The molecular weight excluding hydrogens is 326 g/mol. The first-order valence-electron chi connectivity index (χ1n) is 8.04. The molecule has 0 saturated heterocycles. The van der Waals surface area contributed by atoms with E-state index in [-0.39, 0.29) is 5.75 Å². The van der Waals surface area contributed by atoms with Gasteiger partial charge >= 0.3 is 0 Å². The zero-order valence-electron chi connectivity index (χ0n) is 13.9. The highest BCUT2D eigenvalue weighted by molar-refractivity contribution is 6.30. The number of benzene rings is 1. The van der Waals surface area contributed by atoms with Gasteiger partial charge in [0.2, 0.25) is 5.95 Å². The van der Waals surface area contributed by atoms with E-state index >= 15 is 0 Å². The lowest BCUT2D eigenvalue weighted by atomic mass is 10.2. The summed E-state index contributed by atoms with van der Waals surface area (Å²) in [5, 5.41) is 16.9. The van der Waals surface area contributed by atoms with E-state index in [4.69, 9.17) is 11.6 Å². The fourth-order valence-corrected chi connectivity index (χ4v) is 2.51. The average molecular weight is 348 g/mol. The number of halogens is 1. The zero-order valence-corrected chi connectivity index (χ0v) is 14.6. The third-order valence-corrected chi connectivity index (χ3v) is 4.04. The number of hydrogen-bond acceptors (Lipinski definition) is 6. The fourth-order valence-electron chi connectivity index (χ4n) is 2.34. The predicted octanol–water partition coefficient (Wildman–Crippen LogP) is 3.43. The van der Waals surface area contributed by atoms with Crippen molar-refractivity contribution in [1.82, 2.24) is 14.9 Å². The van der Waals surface area contributed by atoms with Gasteiger partial charge in [0.25, 0.3) is 0 Å². The molecule has 1 heterocycles. The Morgan fingerprint density at radius 2 is 2.04 bits per heavy atom. The molecule has 0 aliphatic heterocycles. The van der Waals surface area contributed by atoms with Crippen LogP contribution in [0.4, 0.5) is 17.5 Å². The highest BCUT2D eigenvalue weighted by Gasteiger charge is 2.26. The number of aromatic nitrogens is 2. The minimum absolute atomic E-state index is 0.133. The van der Waals surface area contributed by atoms with Crippen LogP contribution >= 0.6 is 11.6 Å².